The number of nitrogens with zero attached hydrogens (tertiary/aromatic N) is 1. The molecule has 7 heteroatoms. The van der Waals surface area contributed by atoms with Crippen LogP contribution in [0.5, 0.6) is 0 Å². The van der Waals surface area contributed by atoms with Crippen LogP contribution in [0.15, 0.2) is 18.2 Å². The van der Waals surface area contributed by atoms with Gasteiger partial charge in [0.1, 0.15) is 6.04 Å². The topological polar surface area (TPSA) is 102 Å². The van der Waals surface area contributed by atoms with Crippen molar-refractivity contribution in [1.29, 1.82) is 0 Å². The van der Waals surface area contributed by atoms with Crippen LogP contribution in [0.25, 0.3) is 0 Å². The Bertz CT molecular complexity index is 573. The molecule has 0 radical (unpaired) electrons. The van der Waals surface area contributed by atoms with Gasteiger partial charge in [0.05, 0.1) is 6.42 Å². The molecule has 25 heavy (non-hydrogen) atoms. The average Bonchev–Trinajstić information content (AvgIpc) is 2.57. The van der Waals surface area contributed by atoms with E-state index < -0.39 is 12.0 Å². The number of hydrogen-bond donors (Lipinski definition) is 4. The summed E-state index contributed by atoms with van der Waals surface area (Å²) >= 11 is 0. The molecule has 0 spiro atoms. The quantitative estimate of drug-likeness (QED) is 0.452. The van der Waals surface area contributed by atoms with Crippen molar-refractivity contribution >= 4 is 23.3 Å². The fourth-order valence-electron chi connectivity index (χ4n) is 2.56. The van der Waals surface area contributed by atoms with E-state index in [1.54, 1.807) is 0 Å². The third-order valence-electron chi connectivity index (χ3n) is 4.03. The smallest absolute Gasteiger partial charge is 0.321 e. The molecule has 0 aliphatic carbocycles. The van der Waals surface area contributed by atoms with E-state index in [-0.39, 0.29) is 18.9 Å². The van der Waals surface area contributed by atoms with Crippen LogP contribution >= 0.6 is 0 Å². The first-order valence-corrected chi connectivity index (χ1v) is 8.65. The largest absolute Gasteiger partial charge is 0.480 e. The van der Waals surface area contributed by atoms with Crippen molar-refractivity contribution in [3.05, 3.63) is 23.8 Å². The van der Waals surface area contributed by atoms with Gasteiger partial charge in [-0.2, -0.15) is 0 Å². The second kappa shape index (κ2) is 10.7. The van der Waals surface area contributed by atoms with Gasteiger partial charge in [0.25, 0.3) is 0 Å². The number of rotatable bonds is 11. The van der Waals surface area contributed by atoms with Crippen molar-refractivity contribution in [1.82, 2.24) is 5.32 Å². The molecule has 0 bridgehead atoms. The second-order valence-corrected chi connectivity index (χ2v) is 5.85. The molecule has 1 atom stereocenters. The van der Waals surface area contributed by atoms with Gasteiger partial charge in [0, 0.05) is 31.1 Å². The number of aliphatic hydroxyl groups excluding tert-OH is 1. The molecule has 1 aromatic carbocycles. The summed E-state index contributed by atoms with van der Waals surface area (Å²) in [6.07, 6.45) is 0.273. The van der Waals surface area contributed by atoms with Crippen LogP contribution in [0.3, 0.4) is 0 Å². The number of carboxylic acids is 1. The Kier molecular flexibility index (Phi) is 8.94. The molecule has 1 rings (SSSR count). The molecule has 1 amide bonds. The van der Waals surface area contributed by atoms with E-state index >= 15 is 0 Å². The number of anilines is 2. The minimum Gasteiger partial charge on any atom is -0.480 e. The van der Waals surface area contributed by atoms with Gasteiger partial charge in [0.15, 0.2) is 0 Å². The number of benzene rings is 1. The Labute approximate surface area is 149 Å². The fraction of sp³-hybridized carbons (Fsp3) is 0.556. The second-order valence-electron chi connectivity index (χ2n) is 5.85. The van der Waals surface area contributed by atoms with Gasteiger partial charge >= 0.3 is 5.97 Å². The monoisotopic (exact) mass is 351 g/mol. The molecular weight excluding hydrogens is 322 g/mol. The summed E-state index contributed by atoms with van der Waals surface area (Å²) in [7, 11) is 0. The van der Waals surface area contributed by atoms with Gasteiger partial charge in [-0.15, -0.1) is 0 Å². The average molecular weight is 351 g/mol. The minimum atomic E-state index is -1.08. The van der Waals surface area contributed by atoms with Crippen LogP contribution in [0.4, 0.5) is 11.4 Å². The molecule has 0 saturated heterocycles. The van der Waals surface area contributed by atoms with E-state index in [1.807, 2.05) is 25.1 Å². The molecule has 1 aromatic rings. The van der Waals surface area contributed by atoms with Gasteiger partial charge in [0.2, 0.25) is 5.91 Å². The Morgan fingerprint density at radius 3 is 2.44 bits per heavy atom. The van der Waals surface area contributed by atoms with E-state index in [4.69, 9.17) is 5.11 Å². The van der Waals surface area contributed by atoms with Crippen molar-refractivity contribution in [2.45, 2.75) is 39.7 Å². The van der Waals surface area contributed by atoms with Crippen LogP contribution in [0.2, 0.25) is 0 Å². The molecule has 0 aliphatic heterocycles. The van der Waals surface area contributed by atoms with E-state index in [9.17, 15) is 14.7 Å². The van der Waals surface area contributed by atoms with E-state index in [1.165, 1.54) is 0 Å². The lowest BCUT2D eigenvalue weighted by atomic mass is 10.1. The first kappa shape index (κ1) is 20.9. The minimum absolute atomic E-state index is 0.0242. The Balaban J connectivity index is 2.70. The molecule has 1 unspecified atom stereocenters. The van der Waals surface area contributed by atoms with E-state index in [2.05, 4.69) is 29.4 Å². The van der Waals surface area contributed by atoms with Crippen molar-refractivity contribution in [2.75, 3.05) is 36.5 Å². The Hall–Kier alpha value is -2.12. The number of nitrogens with one attached hydrogen (secondary N) is 2. The van der Waals surface area contributed by atoms with Gasteiger partial charge in [-0.1, -0.05) is 0 Å². The van der Waals surface area contributed by atoms with Gasteiger partial charge in [-0.25, -0.2) is 0 Å². The zero-order valence-corrected chi connectivity index (χ0v) is 15.2. The van der Waals surface area contributed by atoms with E-state index in [0.717, 1.165) is 24.3 Å². The molecule has 7 nitrogen and oxygen atoms in total. The van der Waals surface area contributed by atoms with Gasteiger partial charge in [-0.05, 0) is 57.5 Å². The van der Waals surface area contributed by atoms with Crippen molar-refractivity contribution in [2.24, 2.45) is 0 Å². The number of aryl methyl sites for hydroxylation is 1. The zero-order chi connectivity index (χ0) is 18.8. The van der Waals surface area contributed by atoms with E-state index in [0.29, 0.717) is 18.7 Å². The summed E-state index contributed by atoms with van der Waals surface area (Å²) in [4.78, 5) is 25.6. The maximum Gasteiger partial charge on any atom is 0.321 e. The predicted octanol–water partition coefficient (Wildman–Crippen LogP) is 1.60. The molecule has 0 saturated carbocycles. The molecule has 140 valence electrons. The van der Waals surface area contributed by atoms with Gasteiger partial charge in [-0.3, -0.25) is 9.59 Å². The summed E-state index contributed by atoms with van der Waals surface area (Å²) in [5.74, 6) is -1.44. The number of aliphatic carboxylic acids is 1. The Morgan fingerprint density at radius 2 is 1.92 bits per heavy atom. The lowest BCUT2D eigenvalue weighted by molar-refractivity contribution is -0.141. The molecule has 4 N–H and O–H groups in total. The van der Waals surface area contributed by atoms with Crippen LogP contribution in [0.1, 0.15) is 32.3 Å². The molecular formula is C18H29N3O4. The highest BCUT2D eigenvalue weighted by Gasteiger charge is 2.20. The normalized spacial score (nSPS) is 11.8. The lowest BCUT2D eigenvalue weighted by Gasteiger charge is -2.22. The maximum absolute atomic E-state index is 12.2. The lowest BCUT2D eigenvalue weighted by Crippen LogP contribution is -2.40. The fourth-order valence-corrected chi connectivity index (χ4v) is 2.56. The highest BCUT2D eigenvalue weighted by molar-refractivity contribution is 5.94. The molecule has 0 aromatic heterocycles. The van der Waals surface area contributed by atoms with Crippen molar-refractivity contribution in [3.63, 3.8) is 0 Å². The standard InChI is InChI=1S/C18H29N3O4/c1-4-21(5-2)14-7-8-15(13(3)11-14)20-17(23)12-16(18(24)25)19-9-6-10-22/h7-8,11,16,19,22H,4-6,9-10,12H2,1-3H3,(H,20,23)(H,24,25). The SMILES string of the molecule is CCN(CC)c1ccc(NC(=O)CC(NCCCO)C(=O)O)c(C)c1. The molecule has 0 heterocycles. The number of carbonyl (C=O) groups excluding carboxylic acids is 1. The summed E-state index contributed by atoms with van der Waals surface area (Å²) in [5.41, 5.74) is 2.70. The summed E-state index contributed by atoms with van der Waals surface area (Å²) in [6.45, 7) is 8.22. The van der Waals surface area contributed by atoms with Crippen molar-refractivity contribution < 1.29 is 19.8 Å². The molecule has 0 aliphatic rings. The summed E-state index contributed by atoms with van der Waals surface area (Å²) in [6, 6.07) is 4.83. The Morgan fingerprint density at radius 1 is 1.24 bits per heavy atom. The third kappa shape index (κ3) is 6.72. The molecule has 0 fully saturated rings. The van der Waals surface area contributed by atoms with Crippen LogP contribution in [-0.4, -0.2) is 54.4 Å². The van der Waals surface area contributed by atoms with Crippen LogP contribution in [-0.2, 0) is 9.59 Å². The number of carbonyl (C=O) groups is 2. The summed E-state index contributed by atoms with van der Waals surface area (Å²) < 4.78 is 0. The highest BCUT2D eigenvalue weighted by atomic mass is 16.4. The zero-order valence-electron chi connectivity index (χ0n) is 15.2. The highest BCUT2D eigenvalue weighted by Crippen LogP contribution is 2.22. The van der Waals surface area contributed by atoms with Gasteiger partial charge < -0.3 is 25.7 Å². The number of carboxylic acid groups (broad SMARTS) is 1. The predicted molar refractivity (Wildman–Crippen MR) is 99.1 cm³/mol. The number of aliphatic hydroxyl groups is 1. The number of amides is 1. The van der Waals surface area contributed by atoms with Crippen molar-refractivity contribution in [3.8, 4) is 0 Å². The first-order valence-electron chi connectivity index (χ1n) is 8.65. The van der Waals surface area contributed by atoms with Crippen LogP contribution in [0, 0.1) is 6.92 Å². The first-order chi connectivity index (χ1) is 11.9. The van der Waals surface area contributed by atoms with Crippen LogP contribution < -0.4 is 15.5 Å². The summed E-state index contributed by atoms with van der Waals surface area (Å²) in [5, 5.41) is 23.5. The maximum atomic E-state index is 12.2. The number of hydrogen-bond acceptors (Lipinski definition) is 5. The third-order valence-corrected chi connectivity index (χ3v) is 4.03.